The Balaban J connectivity index is 2.24. The van der Waals surface area contributed by atoms with Gasteiger partial charge in [0, 0.05) is 18.6 Å². The molecule has 1 heterocycles. The molecule has 0 aliphatic heterocycles. The molecule has 70 valence electrons. The zero-order valence-corrected chi connectivity index (χ0v) is 7.86. The van der Waals surface area contributed by atoms with Crippen molar-refractivity contribution in [3.8, 4) is 0 Å². The molecular formula is C10H15N2O+. The molecule has 13 heavy (non-hydrogen) atoms. The van der Waals surface area contributed by atoms with E-state index in [1.165, 1.54) is 0 Å². The number of hydrogen-bond acceptors (Lipinski definition) is 1. The molecular weight excluding hydrogens is 164 g/mol. The molecule has 0 aliphatic carbocycles. The first kappa shape index (κ1) is 9.71. The topological polar surface area (TPSA) is 33.0 Å². The summed E-state index contributed by atoms with van der Waals surface area (Å²) in [4.78, 5) is 10.9. The first-order valence-electron chi connectivity index (χ1n) is 4.53. The fraction of sp³-hybridized carbons (Fsp3) is 0.400. The Bertz CT molecular complexity index is 259. The van der Waals surface area contributed by atoms with Crippen molar-refractivity contribution in [3.63, 3.8) is 0 Å². The van der Waals surface area contributed by atoms with Crippen LogP contribution in [0.15, 0.2) is 30.6 Å². The van der Waals surface area contributed by atoms with Crippen molar-refractivity contribution >= 4 is 5.91 Å². The van der Waals surface area contributed by atoms with Gasteiger partial charge in [0.05, 0.1) is 6.54 Å². The van der Waals surface area contributed by atoms with Gasteiger partial charge < -0.3 is 5.32 Å². The summed E-state index contributed by atoms with van der Waals surface area (Å²) in [6.45, 7) is 3.37. The molecule has 1 N–H and O–H groups in total. The molecule has 0 radical (unpaired) electrons. The van der Waals surface area contributed by atoms with E-state index in [9.17, 15) is 4.79 Å². The van der Waals surface area contributed by atoms with Crippen LogP contribution in [-0.4, -0.2) is 12.5 Å². The van der Waals surface area contributed by atoms with Crippen LogP contribution in [0.5, 0.6) is 0 Å². The number of amides is 1. The van der Waals surface area contributed by atoms with E-state index in [-0.39, 0.29) is 5.91 Å². The van der Waals surface area contributed by atoms with E-state index in [2.05, 4.69) is 5.32 Å². The molecule has 0 saturated carbocycles. The standard InChI is InChI=1S/C10H14N2O/c1-2-10(13)11-6-9-12-7-4-3-5-8-12/h3-5,7-8H,2,6,9H2,1H3/p+1. The number of pyridine rings is 1. The SMILES string of the molecule is CCC(=O)NCC[n+]1ccccc1. The van der Waals surface area contributed by atoms with E-state index < -0.39 is 0 Å². The third kappa shape index (κ3) is 3.69. The first-order chi connectivity index (χ1) is 6.33. The van der Waals surface area contributed by atoms with Crippen molar-refractivity contribution in [2.75, 3.05) is 6.54 Å². The summed E-state index contributed by atoms with van der Waals surface area (Å²) < 4.78 is 2.04. The molecule has 3 heteroatoms. The Labute approximate surface area is 78.4 Å². The fourth-order valence-corrected chi connectivity index (χ4v) is 1.03. The summed E-state index contributed by atoms with van der Waals surface area (Å²) >= 11 is 0. The Hall–Kier alpha value is -1.38. The number of aromatic nitrogens is 1. The van der Waals surface area contributed by atoms with Crippen molar-refractivity contribution in [2.24, 2.45) is 0 Å². The van der Waals surface area contributed by atoms with Gasteiger partial charge in [0.1, 0.15) is 0 Å². The number of hydrogen-bond donors (Lipinski definition) is 1. The molecule has 0 fully saturated rings. The summed E-state index contributed by atoms with van der Waals surface area (Å²) in [5.41, 5.74) is 0. The second-order valence-electron chi connectivity index (χ2n) is 2.82. The van der Waals surface area contributed by atoms with Gasteiger partial charge in [-0.1, -0.05) is 13.0 Å². The van der Waals surface area contributed by atoms with E-state index in [1.54, 1.807) is 0 Å². The molecule has 0 aromatic carbocycles. The highest BCUT2D eigenvalue weighted by Crippen LogP contribution is 1.77. The van der Waals surface area contributed by atoms with Crippen LogP contribution in [0.4, 0.5) is 0 Å². The highest BCUT2D eigenvalue weighted by atomic mass is 16.1. The zero-order chi connectivity index (χ0) is 9.52. The number of nitrogens with one attached hydrogen (secondary N) is 1. The number of carbonyl (C=O) groups is 1. The van der Waals surface area contributed by atoms with Gasteiger partial charge >= 0.3 is 0 Å². The van der Waals surface area contributed by atoms with Crippen LogP contribution in [0.25, 0.3) is 0 Å². The molecule has 0 spiro atoms. The Kier molecular flexibility index (Phi) is 3.96. The van der Waals surface area contributed by atoms with Crippen LogP contribution < -0.4 is 9.88 Å². The van der Waals surface area contributed by atoms with Crippen LogP contribution >= 0.6 is 0 Å². The molecule has 1 aromatic heterocycles. The largest absolute Gasteiger partial charge is 0.350 e. The molecule has 1 rings (SSSR count). The van der Waals surface area contributed by atoms with Crippen LogP contribution in [0.2, 0.25) is 0 Å². The lowest BCUT2D eigenvalue weighted by Gasteiger charge is -1.99. The van der Waals surface area contributed by atoms with Gasteiger partial charge in [0.15, 0.2) is 18.9 Å². The molecule has 0 saturated heterocycles. The Morgan fingerprint density at radius 3 is 2.62 bits per heavy atom. The maximum atomic E-state index is 10.9. The summed E-state index contributed by atoms with van der Waals surface area (Å²) in [6, 6.07) is 5.92. The van der Waals surface area contributed by atoms with Gasteiger partial charge in [-0.05, 0) is 0 Å². The second kappa shape index (κ2) is 5.30. The smallest absolute Gasteiger partial charge is 0.219 e. The van der Waals surface area contributed by atoms with Crippen LogP contribution in [0.1, 0.15) is 13.3 Å². The maximum Gasteiger partial charge on any atom is 0.219 e. The molecule has 0 bridgehead atoms. The van der Waals surface area contributed by atoms with Gasteiger partial charge in [-0.15, -0.1) is 0 Å². The van der Waals surface area contributed by atoms with Gasteiger partial charge in [0.2, 0.25) is 5.91 Å². The highest BCUT2D eigenvalue weighted by Gasteiger charge is 1.99. The van der Waals surface area contributed by atoms with E-state index in [1.807, 2.05) is 42.1 Å². The Morgan fingerprint density at radius 1 is 1.31 bits per heavy atom. The lowest BCUT2D eigenvalue weighted by molar-refractivity contribution is -0.694. The summed E-state index contributed by atoms with van der Waals surface area (Å²) in [5, 5.41) is 2.82. The quantitative estimate of drug-likeness (QED) is 0.671. The first-order valence-corrected chi connectivity index (χ1v) is 4.53. The predicted octanol–water partition coefficient (Wildman–Crippen LogP) is 0.500. The molecule has 1 aromatic rings. The van der Waals surface area contributed by atoms with E-state index >= 15 is 0 Å². The minimum atomic E-state index is 0.108. The van der Waals surface area contributed by atoms with Crippen LogP contribution in [0.3, 0.4) is 0 Å². The number of rotatable bonds is 4. The van der Waals surface area contributed by atoms with Crippen LogP contribution in [0, 0.1) is 0 Å². The lowest BCUT2D eigenvalue weighted by Crippen LogP contribution is -2.39. The van der Waals surface area contributed by atoms with Gasteiger partial charge in [-0.2, -0.15) is 0 Å². The monoisotopic (exact) mass is 179 g/mol. The molecule has 0 atom stereocenters. The van der Waals surface area contributed by atoms with Crippen molar-refractivity contribution < 1.29 is 9.36 Å². The summed E-state index contributed by atoms with van der Waals surface area (Å²) in [5.74, 6) is 0.108. The Morgan fingerprint density at radius 2 is 2.00 bits per heavy atom. The number of nitrogens with zero attached hydrogens (tertiary/aromatic N) is 1. The molecule has 0 aliphatic rings. The highest BCUT2D eigenvalue weighted by molar-refractivity contribution is 5.75. The third-order valence-electron chi connectivity index (χ3n) is 1.79. The van der Waals surface area contributed by atoms with Gasteiger partial charge in [0.25, 0.3) is 0 Å². The van der Waals surface area contributed by atoms with Crippen molar-refractivity contribution in [2.45, 2.75) is 19.9 Å². The molecule has 1 amide bonds. The average Bonchev–Trinajstić information content (AvgIpc) is 2.19. The van der Waals surface area contributed by atoms with Gasteiger partial charge in [-0.25, -0.2) is 4.57 Å². The molecule has 3 nitrogen and oxygen atoms in total. The van der Waals surface area contributed by atoms with E-state index in [4.69, 9.17) is 0 Å². The van der Waals surface area contributed by atoms with Crippen molar-refractivity contribution in [3.05, 3.63) is 30.6 Å². The zero-order valence-electron chi connectivity index (χ0n) is 7.86. The lowest BCUT2D eigenvalue weighted by atomic mass is 10.4. The maximum absolute atomic E-state index is 10.9. The fourth-order valence-electron chi connectivity index (χ4n) is 1.03. The number of carbonyl (C=O) groups excluding carboxylic acids is 1. The second-order valence-corrected chi connectivity index (χ2v) is 2.82. The van der Waals surface area contributed by atoms with Crippen molar-refractivity contribution in [1.29, 1.82) is 0 Å². The minimum absolute atomic E-state index is 0.108. The van der Waals surface area contributed by atoms with E-state index in [0.717, 1.165) is 6.54 Å². The summed E-state index contributed by atoms with van der Waals surface area (Å²) in [7, 11) is 0. The molecule has 0 unspecified atom stereocenters. The van der Waals surface area contributed by atoms with Gasteiger partial charge in [-0.3, -0.25) is 4.79 Å². The predicted molar refractivity (Wildman–Crippen MR) is 49.9 cm³/mol. The van der Waals surface area contributed by atoms with Crippen molar-refractivity contribution in [1.82, 2.24) is 5.32 Å². The normalized spacial score (nSPS) is 9.62. The summed E-state index contributed by atoms with van der Waals surface area (Å²) in [6.07, 6.45) is 4.52. The van der Waals surface area contributed by atoms with Crippen LogP contribution in [-0.2, 0) is 11.3 Å². The minimum Gasteiger partial charge on any atom is -0.350 e. The van der Waals surface area contributed by atoms with E-state index in [0.29, 0.717) is 13.0 Å². The average molecular weight is 179 g/mol. The third-order valence-corrected chi connectivity index (χ3v) is 1.79.